The SMILES string of the molecule is COCC1=Cc2cccc(C3CCCCC3)c2C1COC. The van der Waals surface area contributed by atoms with Crippen LogP contribution in [-0.2, 0) is 9.47 Å². The molecule has 0 saturated heterocycles. The summed E-state index contributed by atoms with van der Waals surface area (Å²) >= 11 is 0. The molecular weight excluding hydrogens is 260 g/mol. The summed E-state index contributed by atoms with van der Waals surface area (Å²) in [6.07, 6.45) is 9.16. The highest BCUT2D eigenvalue weighted by Crippen LogP contribution is 2.44. The average Bonchev–Trinajstić information content (AvgIpc) is 2.87. The van der Waals surface area contributed by atoms with Gasteiger partial charge in [-0.2, -0.15) is 0 Å². The Morgan fingerprint density at radius 2 is 1.86 bits per heavy atom. The third-order valence-corrected chi connectivity index (χ3v) is 5.00. The van der Waals surface area contributed by atoms with Crippen molar-refractivity contribution in [2.75, 3.05) is 27.4 Å². The van der Waals surface area contributed by atoms with Gasteiger partial charge in [0.05, 0.1) is 13.2 Å². The van der Waals surface area contributed by atoms with Crippen LogP contribution >= 0.6 is 0 Å². The Kier molecular flexibility index (Phi) is 4.77. The van der Waals surface area contributed by atoms with E-state index in [4.69, 9.17) is 9.47 Å². The molecule has 0 bridgehead atoms. The fourth-order valence-electron chi connectivity index (χ4n) is 4.05. The molecule has 2 aliphatic rings. The van der Waals surface area contributed by atoms with Gasteiger partial charge in [0.2, 0.25) is 0 Å². The van der Waals surface area contributed by atoms with E-state index in [0.29, 0.717) is 12.5 Å². The van der Waals surface area contributed by atoms with Gasteiger partial charge < -0.3 is 9.47 Å². The fraction of sp³-hybridized carbons (Fsp3) is 0.579. The van der Waals surface area contributed by atoms with Crippen LogP contribution in [0.4, 0.5) is 0 Å². The van der Waals surface area contributed by atoms with Crippen molar-refractivity contribution in [2.45, 2.75) is 43.9 Å². The normalized spacial score (nSPS) is 22.2. The van der Waals surface area contributed by atoms with Gasteiger partial charge in [-0.15, -0.1) is 0 Å². The summed E-state index contributed by atoms with van der Waals surface area (Å²) in [6.45, 7) is 1.46. The highest BCUT2D eigenvalue weighted by Gasteiger charge is 2.30. The third kappa shape index (κ3) is 2.93. The van der Waals surface area contributed by atoms with Crippen LogP contribution in [0.3, 0.4) is 0 Å². The van der Waals surface area contributed by atoms with E-state index in [0.717, 1.165) is 12.5 Å². The number of hydrogen-bond acceptors (Lipinski definition) is 2. The number of fused-ring (bicyclic) bond motifs is 1. The summed E-state index contributed by atoms with van der Waals surface area (Å²) in [7, 11) is 3.57. The predicted molar refractivity (Wildman–Crippen MR) is 86.7 cm³/mol. The molecule has 2 nitrogen and oxygen atoms in total. The minimum absolute atomic E-state index is 0.378. The summed E-state index contributed by atoms with van der Waals surface area (Å²) in [4.78, 5) is 0. The van der Waals surface area contributed by atoms with Crippen LogP contribution < -0.4 is 0 Å². The molecule has 0 spiro atoms. The summed E-state index contributed by atoms with van der Waals surface area (Å²) < 4.78 is 10.9. The molecule has 1 unspecified atom stereocenters. The summed E-state index contributed by atoms with van der Waals surface area (Å²) in [6, 6.07) is 6.81. The molecule has 21 heavy (non-hydrogen) atoms. The molecule has 3 rings (SSSR count). The molecule has 0 amide bonds. The van der Waals surface area contributed by atoms with Crippen LogP contribution in [-0.4, -0.2) is 27.4 Å². The lowest BCUT2D eigenvalue weighted by Gasteiger charge is -2.27. The van der Waals surface area contributed by atoms with Gasteiger partial charge in [-0.1, -0.05) is 43.5 Å². The van der Waals surface area contributed by atoms with Crippen molar-refractivity contribution in [3.05, 3.63) is 40.5 Å². The minimum atomic E-state index is 0.378. The smallest absolute Gasteiger partial charge is 0.0683 e. The van der Waals surface area contributed by atoms with Gasteiger partial charge in [0.15, 0.2) is 0 Å². The molecule has 0 aromatic heterocycles. The van der Waals surface area contributed by atoms with E-state index >= 15 is 0 Å². The number of methoxy groups -OCH3 is 2. The van der Waals surface area contributed by atoms with Gasteiger partial charge in [-0.05, 0) is 41.0 Å². The molecule has 1 saturated carbocycles. The first-order valence-corrected chi connectivity index (χ1v) is 8.16. The molecule has 0 heterocycles. The molecular formula is C19H26O2. The topological polar surface area (TPSA) is 18.5 Å². The maximum absolute atomic E-state index is 5.51. The molecule has 1 aromatic rings. The van der Waals surface area contributed by atoms with Crippen molar-refractivity contribution in [3.8, 4) is 0 Å². The third-order valence-electron chi connectivity index (χ3n) is 5.00. The lowest BCUT2D eigenvalue weighted by Crippen LogP contribution is -2.14. The van der Waals surface area contributed by atoms with Gasteiger partial charge in [-0.3, -0.25) is 0 Å². The van der Waals surface area contributed by atoms with Crippen molar-refractivity contribution in [2.24, 2.45) is 0 Å². The summed E-state index contributed by atoms with van der Waals surface area (Å²) in [5, 5.41) is 0. The van der Waals surface area contributed by atoms with Crippen LogP contribution in [0.2, 0.25) is 0 Å². The Morgan fingerprint density at radius 1 is 1.05 bits per heavy atom. The number of ether oxygens (including phenoxy) is 2. The molecule has 0 aliphatic heterocycles. The van der Waals surface area contributed by atoms with Crippen LogP contribution in [0, 0.1) is 0 Å². The van der Waals surface area contributed by atoms with E-state index in [9.17, 15) is 0 Å². The Balaban J connectivity index is 1.95. The average molecular weight is 286 g/mol. The largest absolute Gasteiger partial charge is 0.384 e. The molecule has 1 fully saturated rings. The predicted octanol–water partition coefficient (Wildman–Crippen LogP) is 4.51. The minimum Gasteiger partial charge on any atom is -0.384 e. The lowest BCUT2D eigenvalue weighted by molar-refractivity contribution is 0.174. The van der Waals surface area contributed by atoms with E-state index < -0.39 is 0 Å². The van der Waals surface area contributed by atoms with E-state index in [1.807, 2.05) is 0 Å². The van der Waals surface area contributed by atoms with E-state index in [1.165, 1.54) is 48.8 Å². The zero-order valence-electron chi connectivity index (χ0n) is 13.2. The van der Waals surface area contributed by atoms with Crippen LogP contribution in [0.1, 0.15) is 60.6 Å². The van der Waals surface area contributed by atoms with Crippen molar-refractivity contribution >= 4 is 6.08 Å². The Morgan fingerprint density at radius 3 is 2.57 bits per heavy atom. The quantitative estimate of drug-likeness (QED) is 0.793. The van der Waals surface area contributed by atoms with Gasteiger partial charge >= 0.3 is 0 Å². The van der Waals surface area contributed by atoms with Gasteiger partial charge in [-0.25, -0.2) is 0 Å². The fourth-order valence-corrected chi connectivity index (χ4v) is 4.05. The van der Waals surface area contributed by atoms with E-state index in [-0.39, 0.29) is 0 Å². The first kappa shape index (κ1) is 14.8. The monoisotopic (exact) mass is 286 g/mol. The number of benzene rings is 1. The molecule has 2 aliphatic carbocycles. The number of rotatable bonds is 5. The van der Waals surface area contributed by atoms with Gasteiger partial charge in [0, 0.05) is 20.1 Å². The first-order valence-electron chi connectivity index (χ1n) is 8.16. The zero-order chi connectivity index (χ0) is 14.7. The molecule has 0 radical (unpaired) electrons. The Labute approximate surface area is 128 Å². The Bertz CT molecular complexity index is 512. The second-order valence-corrected chi connectivity index (χ2v) is 6.35. The van der Waals surface area contributed by atoms with Crippen molar-refractivity contribution < 1.29 is 9.47 Å². The zero-order valence-corrected chi connectivity index (χ0v) is 13.2. The Hall–Kier alpha value is -1.12. The maximum atomic E-state index is 5.51. The molecule has 1 atom stereocenters. The van der Waals surface area contributed by atoms with Crippen molar-refractivity contribution in [1.82, 2.24) is 0 Å². The molecule has 2 heteroatoms. The van der Waals surface area contributed by atoms with Crippen LogP contribution in [0.5, 0.6) is 0 Å². The van der Waals surface area contributed by atoms with Crippen LogP contribution in [0.25, 0.3) is 6.08 Å². The van der Waals surface area contributed by atoms with Gasteiger partial charge in [0.25, 0.3) is 0 Å². The van der Waals surface area contributed by atoms with Gasteiger partial charge in [0.1, 0.15) is 0 Å². The van der Waals surface area contributed by atoms with Crippen molar-refractivity contribution in [3.63, 3.8) is 0 Å². The molecule has 114 valence electrons. The molecule has 1 aromatic carbocycles. The maximum Gasteiger partial charge on any atom is 0.0683 e. The van der Waals surface area contributed by atoms with Crippen molar-refractivity contribution in [1.29, 1.82) is 0 Å². The second kappa shape index (κ2) is 6.76. The second-order valence-electron chi connectivity index (χ2n) is 6.35. The highest BCUT2D eigenvalue weighted by molar-refractivity contribution is 5.69. The summed E-state index contributed by atoms with van der Waals surface area (Å²) in [5.74, 6) is 1.12. The highest BCUT2D eigenvalue weighted by atomic mass is 16.5. The summed E-state index contributed by atoms with van der Waals surface area (Å²) in [5.41, 5.74) is 5.82. The number of hydrogen-bond donors (Lipinski definition) is 0. The van der Waals surface area contributed by atoms with Crippen LogP contribution in [0.15, 0.2) is 23.8 Å². The molecule has 0 N–H and O–H groups in total. The van der Waals surface area contributed by atoms with E-state index in [1.54, 1.807) is 19.8 Å². The standard InChI is InChI=1S/C19H26O2/c1-20-12-16-11-15-9-6-10-17(14-7-4-3-5-8-14)19(15)18(16)13-21-2/h6,9-11,14,18H,3-5,7-8,12-13H2,1-2H3. The van der Waals surface area contributed by atoms with E-state index in [2.05, 4.69) is 24.3 Å². The lowest BCUT2D eigenvalue weighted by atomic mass is 9.79. The first-order chi connectivity index (χ1) is 10.3.